The molecular formula is C15H15BrN2O2S2. The molecule has 22 heavy (non-hydrogen) atoms. The highest BCUT2D eigenvalue weighted by molar-refractivity contribution is 9.11. The molecule has 2 amide bonds. The molecule has 3 rings (SSSR count). The standard InChI is InChI=1S/C15H15BrN2O2S2/c1-17(15(20)12-2-3-13(16)22-12)9-14(19)18-6-4-11-10(8-18)5-7-21-11/h2-3,5,7H,4,6,8-9H2,1H3. The number of carbonyl (C=O) groups excluding carboxylic acids is 2. The van der Waals surface area contributed by atoms with E-state index in [9.17, 15) is 9.59 Å². The van der Waals surface area contributed by atoms with Crippen molar-refractivity contribution in [3.8, 4) is 0 Å². The van der Waals surface area contributed by atoms with Crippen molar-refractivity contribution in [2.45, 2.75) is 13.0 Å². The van der Waals surface area contributed by atoms with Gasteiger partial charge in [0.15, 0.2) is 0 Å². The molecule has 2 aromatic heterocycles. The van der Waals surface area contributed by atoms with Crippen LogP contribution >= 0.6 is 38.6 Å². The maximum atomic E-state index is 12.4. The van der Waals surface area contributed by atoms with Gasteiger partial charge in [-0.15, -0.1) is 22.7 Å². The van der Waals surface area contributed by atoms with Gasteiger partial charge in [0, 0.05) is 25.0 Å². The minimum Gasteiger partial charge on any atom is -0.336 e. The summed E-state index contributed by atoms with van der Waals surface area (Å²) >= 11 is 6.48. The first-order valence-electron chi connectivity index (χ1n) is 6.88. The van der Waals surface area contributed by atoms with E-state index >= 15 is 0 Å². The van der Waals surface area contributed by atoms with Gasteiger partial charge >= 0.3 is 0 Å². The SMILES string of the molecule is CN(CC(=O)N1CCc2sccc2C1)C(=O)c1ccc(Br)s1. The highest BCUT2D eigenvalue weighted by Crippen LogP contribution is 2.25. The van der Waals surface area contributed by atoms with Crippen molar-refractivity contribution >= 4 is 50.4 Å². The van der Waals surface area contributed by atoms with Crippen LogP contribution in [0.1, 0.15) is 20.1 Å². The number of hydrogen-bond donors (Lipinski definition) is 0. The molecule has 0 unspecified atom stereocenters. The number of halogens is 1. The lowest BCUT2D eigenvalue weighted by atomic mass is 10.1. The van der Waals surface area contributed by atoms with Gasteiger partial charge in [0.05, 0.1) is 15.2 Å². The second-order valence-electron chi connectivity index (χ2n) is 5.20. The van der Waals surface area contributed by atoms with E-state index in [1.54, 1.807) is 24.5 Å². The van der Waals surface area contributed by atoms with Crippen LogP contribution in [0.5, 0.6) is 0 Å². The van der Waals surface area contributed by atoms with Gasteiger partial charge in [0.25, 0.3) is 5.91 Å². The molecule has 3 heterocycles. The Morgan fingerprint density at radius 2 is 2.18 bits per heavy atom. The van der Waals surface area contributed by atoms with E-state index in [0.29, 0.717) is 11.4 Å². The fraction of sp³-hybridized carbons (Fsp3) is 0.333. The summed E-state index contributed by atoms with van der Waals surface area (Å²) in [5, 5.41) is 2.07. The Morgan fingerprint density at radius 3 is 2.91 bits per heavy atom. The predicted octanol–water partition coefficient (Wildman–Crippen LogP) is 3.23. The Kier molecular flexibility index (Phi) is 4.65. The van der Waals surface area contributed by atoms with Gasteiger partial charge in [-0.2, -0.15) is 0 Å². The first kappa shape index (κ1) is 15.7. The summed E-state index contributed by atoms with van der Waals surface area (Å²) in [4.78, 5) is 30.0. The molecule has 1 aliphatic heterocycles. The first-order valence-corrected chi connectivity index (χ1v) is 9.37. The number of hydrogen-bond acceptors (Lipinski definition) is 4. The molecule has 1 aliphatic rings. The maximum absolute atomic E-state index is 12.4. The fourth-order valence-corrected chi connectivity index (χ4v) is 4.72. The molecule has 4 nitrogen and oxygen atoms in total. The van der Waals surface area contributed by atoms with Crippen LogP contribution in [0.4, 0.5) is 0 Å². The Bertz CT molecular complexity index is 710. The topological polar surface area (TPSA) is 40.6 Å². The van der Waals surface area contributed by atoms with Gasteiger partial charge in [-0.25, -0.2) is 0 Å². The van der Waals surface area contributed by atoms with Crippen molar-refractivity contribution in [2.24, 2.45) is 0 Å². The van der Waals surface area contributed by atoms with E-state index in [4.69, 9.17) is 0 Å². The second-order valence-corrected chi connectivity index (χ2v) is 8.66. The molecule has 0 aliphatic carbocycles. The Hall–Kier alpha value is -1.18. The summed E-state index contributed by atoms with van der Waals surface area (Å²) < 4.78 is 0.914. The van der Waals surface area contributed by atoms with Crippen LogP contribution in [0.3, 0.4) is 0 Å². The summed E-state index contributed by atoms with van der Waals surface area (Å²) in [6.45, 7) is 1.51. The molecular weight excluding hydrogens is 384 g/mol. The number of carbonyl (C=O) groups is 2. The number of rotatable bonds is 3. The van der Waals surface area contributed by atoms with Crippen molar-refractivity contribution in [2.75, 3.05) is 20.1 Å². The van der Waals surface area contributed by atoms with E-state index in [1.165, 1.54) is 26.7 Å². The molecule has 116 valence electrons. The van der Waals surface area contributed by atoms with E-state index < -0.39 is 0 Å². The Morgan fingerprint density at radius 1 is 1.36 bits per heavy atom. The normalized spacial score (nSPS) is 13.8. The molecule has 7 heteroatoms. The smallest absolute Gasteiger partial charge is 0.264 e. The Labute approximate surface area is 145 Å². The minimum absolute atomic E-state index is 0.00308. The monoisotopic (exact) mass is 398 g/mol. The summed E-state index contributed by atoms with van der Waals surface area (Å²) in [5.41, 5.74) is 1.24. The van der Waals surface area contributed by atoms with Crippen molar-refractivity contribution in [1.82, 2.24) is 9.80 Å². The van der Waals surface area contributed by atoms with Crippen molar-refractivity contribution in [3.05, 3.63) is 42.7 Å². The van der Waals surface area contributed by atoms with Crippen molar-refractivity contribution in [3.63, 3.8) is 0 Å². The third-order valence-corrected chi connectivity index (χ3v) is 6.30. The molecule has 0 spiro atoms. The van der Waals surface area contributed by atoms with Gasteiger partial charge in [0.2, 0.25) is 5.91 Å². The molecule has 0 aromatic carbocycles. The van der Waals surface area contributed by atoms with Crippen molar-refractivity contribution < 1.29 is 9.59 Å². The highest BCUT2D eigenvalue weighted by Gasteiger charge is 2.24. The summed E-state index contributed by atoms with van der Waals surface area (Å²) in [6, 6.07) is 5.70. The third kappa shape index (κ3) is 3.26. The van der Waals surface area contributed by atoms with Crippen LogP contribution < -0.4 is 0 Å². The number of thiophene rings is 2. The van der Waals surface area contributed by atoms with E-state index in [0.717, 1.165) is 16.8 Å². The quantitative estimate of drug-likeness (QED) is 0.795. The average Bonchev–Trinajstić information content (AvgIpc) is 3.13. The fourth-order valence-electron chi connectivity index (χ4n) is 2.45. The zero-order valence-corrected chi connectivity index (χ0v) is 15.3. The lowest BCUT2D eigenvalue weighted by Crippen LogP contribution is -2.42. The van der Waals surface area contributed by atoms with Crippen LogP contribution in [0.25, 0.3) is 0 Å². The molecule has 0 radical (unpaired) electrons. The lowest BCUT2D eigenvalue weighted by Gasteiger charge is -2.28. The number of likely N-dealkylation sites (N-methyl/N-ethyl adjacent to an activating group) is 1. The van der Waals surface area contributed by atoms with Crippen LogP contribution in [0.15, 0.2) is 27.4 Å². The molecule has 0 bridgehead atoms. The van der Waals surface area contributed by atoms with Crippen LogP contribution in [0.2, 0.25) is 0 Å². The van der Waals surface area contributed by atoms with Crippen molar-refractivity contribution in [1.29, 1.82) is 0 Å². The van der Waals surface area contributed by atoms with Gasteiger partial charge < -0.3 is 9.80 Å². The third-order valence-electron chi connectivity index (χ3n) is 3.66. The van der Waals surface area contributed by atoms with Gasteiger partial charge in [0.1, 0.15) is 0 Å². The zero-order chi connectivity index (χ0) is 15.7. The highest BCUT2D eigenvalue weighted by atomic mass is 79.9. The zero-order valence-electron chi connectivity index (χ0n) is 12.0. The van der Waals surface area contributed by atoms with Crippen LogP contribution in [-0.2, 0) is 17.8 Å². The van der Waals surface area contributed by atoms with Gasteiger partial charge in [-0.1, -0.05) is 0 Å². The second kappa shape index (κ2) is 6.52. The number of amides is 2. The largest absolute Gasteiger partial charge is 0.336 e. The molecule has 0 fully saturated rings. The molecule has 0 atom stereocenters. The number of nitrogens with zero attached hydrogens (tertiary/aromatic N) is 2. The average molecular weight is 399 g/mol. The Balaban J connectivity index is 1.61. The first-order chi connectivity index (χ1) is 10.5. The van der Waals surface area contributed by atoms with E-state index in [2.05, 4.69) is 27.4 Å². The summed E-state index contributed by atoms with van der Waals surface area (Å²) in [6.07, 6.45) is 0.911. The van der Waals surface area contributed by atoms with Gasteiger partial charge in [-0.3, -0.25) is 9.59 Å². The summed E-state index contributed by atoms with van der Waals surface area (Å²) in [7, 11) is 1.67. The number of fused-ring (bicyclic) bond motifs is 1. The van der Waals surface area contributed by atoms with E-state index in [1.807, 2.05) is 11.0 Å². The molecule has 2 aromatic rings. The van der Waals surface area contributed by atoms with E-state index in [-0.39, 0.29) is 18.4 Å². The predicted molar refractivity (Wildman–Crippen MR) is 92.4 cm³/mol. The molecule has 0 saturated carbocycles. The van der Waals surface area contributed by atoms with Crippen LogP contribution in [0, 0.1) is 0 Å². The summed E-state index contributed by atoms with van der Waals surface area (Å²) in [5.74, 6) is -0.111. The molecule has 0 N–H and O–H groups in total. The lowest BCUT2D eigenvalue weighted by molar-refractivity contribution is -0.132. The van der Waals surface area contributed by atoms with Crippen LogP contribution in [-0.4, -0.2) is 41.8 Å². The van der Waals surface area contributed by atoms with Gasteiger partial charge in [-0.05, 0) is 51.5 Å². The molecule has 0 saturated heterocycles. The minimum atomic E-state index is -0.114. The maximum Gasteiger partial charge on any atom is 0.264 e.